The van der Waals surface area contributed by atoms with Gasteiger partial charge in [-0.25, -0.2) is 0 Å². The second kappa shape index (κ2) is 5.12. The van der Waals surface area contributed by atoms with Crippen LogP contribution in [0.15, 0.2) is 30.3 Å². The number of hydrogen-bond donors (Lipinski definition) is 2. The van der Waals surface area contributed by atoms with Gasteiger partial charge in [-0.15, -0.1) is 0 Å². The molecule has 1 heterocycles. The zero-order chi connectivity index (χ0) is 12.4. The number of benzene rings is 1. The molecule has 2 unspecified atom stereocenters. The maximum absolute atomic E-state index is 9.90. The van der Waals surface area contributed by atoms with Gasteiger partial charge in [0.25, 0.3) is 0 Å². The normalized spacial score (nSPS) is 14.8. The predicted octanol–water partition coefficient (Wildman–Crippen LogP) is 2.33. The first-order valence-corrected chi connectivity index (χ1v) is 6.53. The molecule has 90 valence electrons. The summed E-state index contributed by atoms with van der Waals surface area (Å²) in [6, 6.07) is 9.42. The molecule has 0 aliphatic rings. The van der Waals surface area contributed by atoms with Gasteiger partial charge in [0.1, 0.15) is 6.10 Å². The van der Waals surface area contributed by atoms with Crippen LogP contribution in [0.3, 0.4) is 0 Å². The first-order valence-electron chi connectivity index (χ1n) is 5.41. The van der Waals surface area contributed by atoms with E-state index >= 15 is 0 Å². The number of halogens is 1. The van der Waals surface area contributed by atoms with Crippen molar-refractivity contribution in [2.45, 2.75) is 19.1 Å². The molecule has 1 aromatic heterocycles. The summed E-state index contributed by atoms with van der Waals surface area (Å²) in [6.07, 6.45) is -1.68. The summed E-state index contributed by atoms with van der Waals surface area (Å²) < 4.78 is 0. The molecule has 2 aromatic rings. The Kier molecular flexibility index (Phi) is 3.76. The van der Waals surface area contributed by atoms with E-state index in [1.165, 1.54) is 0 Å². The summed E-state index contributed by atoms with van der Waals surface area (Å²) in [7, 11) is 0. The Morgan fingerprint density at radius 1 is 1.24 bits per heavy atom. The summed E-state index contributed by atoms with van der Waals surface area (Å²) >= 11 is 3.15. The number of aryl methyl sites for hydroxylation is 1. The van der Waals surface area contributed by atoms with Gasteiger partial charge >= 0.3 is 0 Å². The van der Waals surface area contributed by atoms with Crippen molar-refractivity contribution >= 4 is 26.8 Å². The Morgan fingerprint density at radius 3 is 2.71 bits per heavy atom. The molecule has 0 spiro atoms. The van der Waals surface area contributed by atoms with Crippen molar-refractivity contribution in [2.24, 2.45) is 0 Å². The summed E-state index contributed by atoms with van der Waals surface area (Å²) in [5.74, 6) is 0. The minimum atomic E-state index is -0.875. The average molecular weight is 296 g/mol. The Labute approximate surface area is 108 Å². The van der Waals surface area contributed by atoms with E-state index in [1.807, 2.05) is 31.2 Å². The quantitative estimate of drug-likeness (QED) is 0.855. The zero-order valence-corrected chi connectivity index (χ0v) is 11.1. The van der Waals surface area contributed by atoms with E-state index in [0.717, 1.165) is 16.6 Å². The fraction of sp³-hybridized carbons (Fsp3) is 0.308. The summed E-state index contributed by atoms with van der Waals surface area (Å²) in [4.78, 5) is 4.39. The molecule has 17 heavy (non-hydrogen) atoms. The van der Waals surface area contributed by atoms with Crippen LogP contribution in [0.25, 0.3) is 10.9 Å². The standard InChI is InChI=1S/C13H14BrNO2/c1-8-2-3-9-6-10(4-5-11(9)15-8)13(17)12(16)7-14/h2-6,12-13,16-17H,7H2,1H3. The van der Waals surface area contributed by atoms with E-state index in [2.05, 4.69) is 20.9 Å². The molecule has 1 aromatic carbocycles. The predicted molar refractivity (Wildman–Crippen MR) is 71.2 cm³/mol. The number of rotatable bonds is 3. The first kappa shape index (κ1) is 12.5. The van der Waals surface area contributed by atoms with Crippen LogP contribution >= 0.6 is 15.9 Å². The van der Waals surface area contributed by atoms with Gasteiger partial charge in [-0.2, -0.15) is 0 Å². The van der Waals surface area contributed by atoms with Crippen molar-refractivity contribution in [3.63, 3.8) is 0 Å². The van der Waals surface area contributed by atoms with Crippen molar-refractivity contribution in [1.82, 2.24) is 4.98 Å². The average Bonchev–Trinajstić information content (AvgIpc) is 2.36. The fourth-order valence-electron chi connectivity index (χ4n) is 1.74. The maximum Gasteiger partial charge on any atom is 0.106 e. The van der Waals surface area contributed by atoms with Gasteiger partial charge in [-0.05, 0) is 30.7 Å². The van der Waals surface area contributed by atoms with E-state index in [0.29, 0.717) is 10.9 Å². The van der Waals surface area contributed by atoms with Crippen molar-refractivity contribution in [3.8, 4) is 0 Å². The van der Waals surface area contributed by atoms with Gasteiger partial charge in [-0.3, -0.25) is 4.98 Å². The number of alkyl halides is 1. The highest BCUT2D eigenvalue weighted by Gasteiger charge is 2.17. The first-order chi connectivity index (χ1) is 8.11. The van der Waals surface area contributed by atoms with E-state index < -0.39 is 12.2 Å². The van der Waals surface area contributed by atoms with Crippen LogP contribution in [0.1, 0.15) is 17.4 Å². The molecule has 0 saturated heterocycles. The van der Waals surface area contributed by atoms with E-state index in [-0.39, 0.29) is 0 Å². The lowest BCUT2D eigenvalue weighted by Crippen LogP contribution is -2.19. The second-order valence-corrected chi connectivity index (χ2v) is 4.72. The van der Waals surface area contributed by atoms with Gasteiger partial charge in [0, 0.05) is 16.4 Å². The number of aliphatic hydroxyl groups excluding tert-OH is 2. The fourth-order valence-corrected chi connectivity index (χ4v) is 2.09. The van der Waals surface area contributed by atoms with E-state index in [1.54, 1.807) is 6.07 Å². The summed E-state index contributed by atoms with van der Waals surface area (Å²) in [5, 5.41) is 20.8. The van der Waals surface area contributed by atoms with Crippen molar-refractivity contribution in [1.29, 1.82) is 0 Å². The number of hydrogen-bond acceptors (Lipinski definition) is 3. The van der Waals surface area contributed by atoms with Crippen LogP contribution < -0.4 is 0 Å². The second-order valence-electron chi connectivity index (χ2n) is 4.07. The Hall–Kier alpha value is -0.970. The van der Waals surface area contributed by atoms with Gasteiger partial charge in [0.15, 0.2) is 0 Å². The number of aromatic nitrogens is 1. The molecule has 2 N–H and O–H groups in total. The monoisotopic (exact) mass is 295 g/mol. The maximum atomic E-state index is 9.90. The van der Waals surface area contributed by atoms with Crippen LogP contribution in [0, 0.1) is 6.92 Å². The molecule has 0 radical (unpaired) electrons. The summed E-state index contributed by atoms with van der Waals surface area (Å²) in [6.45, 7) is 1.94. The molecule has 0 fully saturated rings. The highest BCUT2D eigenvalue weighted by Crippen LogP contribution is 2.22. The van der Waals surface area contributed by atoms with Gasteiger partial charge in [0.05, 0.1) is 11.6 Å². The third-order valence-corrected chi connectivity index (χ3v) is 3.38. The van der Waals surface area contributed by atoms with Crippen molar-refractivity contribution < 1.29 is 10.2 Å². The molecule has 0 saturated carbocycles. The zero-order valence-electron chi connectivity index (χ0n) is 9.47. The number of aliphatic hydroxyl groups is 2. The lowest BCUT2D eigenvalue weighted by Gasteiger charge is -2.16. The number of nitrogens with zero attached hydrogens (tertiary/aromatic N) is 1. The molecule has 0 aliphatic heterocycles. The molecule has 0 bridgehead atoms. The molecule has 0 aliphatic carbocycles. The van der Waals surface area contributed by atoms with Gasteiger partial charge in [-0.1, -0.05) is 28.1 Å². The molecular weight excluding hydrogens is 282 g/mol. The molecule has 0 amide bonds. The van der Waals surface area contributed by atoms with Crippen LogP contribution in [-0.2, 0) is 0 Å². The molecule has 2 rings (SSSR count). The van der Waals surface area contributed by atoms with Gasteiger partial charge in [0.2, 0.25) is 0 Å². The Morgan fingerprint density at radius 2 is 2.00 bits per heavy atom. The third-order valence-electron chi connectivity index (χ3n) is 2.72. The largest absolute Gasteiger partial charge is 0.389 e. The highest BCUT2D eigenvalue weighted by atomic mass is 79.9. The SMILES string of the molecule is Cc1ccc2cc(C(O)C(O)CBr)ccc2n1. The smallest absolute Gasteiger partial charge is 0.106 e. The van der Waals surface area contributed by atoms with E-state index in [9.17, 15) is 10.2 Å². The minimum absolute atomic E-state index is 0.346. The van der Waals surface area contributed by atoms with Crippen molar-refractivity contribution in [2.75, 3.05) is 5.33 Å². The molecule has 2 atom stereocenters. The Bertz CT molecular complexity index is 530. The summed E-state index contributed by atoms with van der Waals surface area (Å²) in [5.41, 5.74) is 2.57. The third kappa shape index (κ3) is 2.65. The van der Waals surface area contributed by atoms with Crippen LogP contribution in [0.5, 0.6) is 0 Å². The van der Waals surface area contributed by atoms with Crippen LogP contribution in [0.4, 0.5) is 0 Å². The lowest BCUT2D eigenvalue weighted by molar-refractivity contribution is 0.0343. The minimum Gasteiger partial charge on any atom is -0.389 e. The van der Waals surface area contributed by atoms with Crippen LogP contribution in [0.2, 0.25) is 0 Å². The molecule has 3 nitrogen and oxygen atoms in total. The highest BCUT2D eigenvalue weighted by molar-refractivity contribution is 9.09. The Balaban J connectivity index is 2.41. The van der Waals surface area contributed by atoms with Crippen molar-refractivity contribution in [3.05, 3.63) is 41.6 Å². The van der Waals surface area contributed by atoms with E-state index in [4.69, 9.17) is 0 Å². The number of pyridine rings is 1. The lowest BCUT2D eigenvalue weighted by atomic mass is 10.0. The number of fused-ring (bicyclic) bond motifs is 1. The molecule has 4 heteroatoms. The topological polar surface area (TPSA) is 53.4 Å². The van der Waals surface area contributed by atoms with Crippen LogP contribution in [-0.4, -0.2) is 26.6 Å². The van der Waals surface area contributed by atoms with Gasteiger partial charge < -0.3 is 10.2 Å². The molecular formula is C13H14BrNO2.